The summed E-state index contributed by atoms with van der Waals surface area (Å²) in [7, 11) is 0. The number of ether oxygens (including phenoxy) is 2. The molecule has 2 aromatic carbocycles. The van der Waals surface area contributed by atoms with E-state index in [2.05, 4.69) is 15.9 Å². The van der Waals surface area contributed by atoms with Gasteiger partial charge in [-0.3, -0.25) is 4.79 Å². The van der Waals surface area contributed by atoms with Crippen molar-refractivity contribution in [2.45, 2.75) is 19.4 Å². The minimum Gasteiger partial charge on any atom is -0.489 e. The molecule has 20 heavy (non-hydrogen) atoms. The van der Waals surface area contributed by atoms with E-state index in [0.717, 1.165) is 22.0 Å². The highest BCUT2D eigenvalue weighted by atomic mass is 79.9. The van der Waals surface area contributed by atoms with E-state index in [1.165, 1.54) is 0 Å². The third kappa shape index (κ3) is 3.02. The van der Waals surface area contributed by atoms with Crippen LogP contribution in [0.15, 0.2) is 46.9 Å². The van der Waals surface area contributed by atoms with Gasteiger partial charge in [-0.05, 0) is 35.7 Å². The monoisotopic (exact) mass is 332 g/mol. The van der Waals surface area contributed by atoms with Gasteiger partial charge in [0.15, 0.2) is 0 Å². The molecular weight excluding hydrogens is 320 g/mol. The summed E-state index contributed by atoms with van der Waals surface area (Å²) in [6.45, 7) is 0.478. The Labute approximate surface area is 125 Å². The molecule has 1 heterocycles. The topological polar surface area (TPSA) is 35.5 Å². The Kier molecular flexibility index (Phi) is 3.74. The van der Waals surface area contributed by atoms with Crippen LogP contribution in [-0.4, -0.2) is 5.97 Å². The number of halogens is 1. The average molecular weight is 333 g/mol. The predicted molar refractivity (Wildman–Crippen MR) is 78.9 cm³/mol. The van der Waals surface area contributed by atoms with Crippen molar-refractivity contribution in [2.24, 2.45) is 0 Å². The Hall–Kier alpha value is -1.81. The van der Waals surface area contributed by atoms with Crippen molar-refractivity contribution < 1.29 is 14.3 Å². The van der Waals surface area contributed by atoms with Crippen LogP contribution in [0.1, 0.15) is 17.5 Å². The van der Waals surface area contributed by atoms with Crippen molar-refractivity contribution in [1.82, 2.24) is 0 Å². The smallest absolute Gasteiger partial charge is 0.311 e. The molecule has 3 nitrogen and oxygen atoms in total. The van der Waals surface area contributed by atoms with Crippen molar-refractivity contribution in [3.8, 4) is 11.5 Å². The van der Waals surface area contributed by atoms with Crippen LogP contribution in [0.2, 0.25) is 0 Å². The minimum absolute atomic E-state index is 0.179. The van der Waals surface area contributed by atoms with Gasteiger partial charge in [0, 0.05) is 10.5 Å². The zero-order chi connectivity index (χ0) is 13.9. The Morgan fingerprint density at radius 2 is 2.05 bits per heavy atom. The van der Waals surface area contributed by atoms with E-state index >= 15 is 0 Å². The van der Waals surface area contributed by atoms with Crippen molar-refractivity contribution in [2.75, 3.05) is 0 Å². The van der Waals surface area contributed by atoms with Gasteiger partial charge in [-0.1, -0.05) is 34.1 Å². The van der Waals surface area contributed by atoms with E-state index in [1.54, 1.807) is 6.07 Å². The standard InChI is InChI=1S/C16H13BrO3/c17-13-3-1-2-11(8-13)10-19-14-6-4-12-5-7-16(18)20-15(12)9-14/h1-4,6,8-9H,5,7,10H2. The maximum absolute atomic E-state index is 11.3. The van der Waals surface area contributed by atoms with E-state index in [1.807, 2.05) is 36.4 Å². The summed E-state index contributed by atoms with van der Waals surface area (Å²) in [6.07, 6.45) is 1.19. The van der Waals surface area contributed by atoms with Crippen LogP contribution in [-0.2, 0) is 17.8 Å². The first-order chi connectivity index (χ1) is 9.70. The first-order valence-electron chi connectivity index (χ1n) is 6.41. The van der Waals surface area contributed by atoms with Crippen LogP contribution < -0.4 is 9.47 Å². The zero-order valence-electron chi connectivity index (χ0n) is 10.8. The van der Waals surface area contributed by atoms with Crippen molar-refractivity contribution in [1.29, 1.82) is 0 Å². The first kappa shape index (κ1) is 13.2. The summed E-state index contributed by atoms with van der Waals surface area (Å²) in [5.41, 5.74) is 2.13. The Bertz CT molecular complexity index is 652. The number of hydrogen-bond donors (Lipinski definition) is 0. The molecule has 0 bridgehead atoms. The first-order valence-corrected chi connectivity index (χ1v) is 7.21. The van der Waals surface area contributed by atoms with Crippen molar-refractivity contribution in [3.05, 3.63) is 58.1 Å². The van der Waals surface area contributed by atoms with Crippen molar-refractivity contribution in [3.63, 3.8) is 0 Å². The van der Waals surface area contributed by atoms with Crippen LogP contribution >= 0.6 is 15.9 Å². The fourth-order valence-electron chi connectivity index (χ4n) is 2.13. The molecule has 4 heteroatoms. The number of esters is 1. The van der Waals surface area contributed by atoms with Gasteiger partial charge in [0.25, 0.3) is 0 Å². The normalized spacial score (nSPS) is 13.6. The van der Waals surface area contributed by atoms with E-state index in [0.29, 0.717) is 24.5 Å². The largest absolute Gasteiger partial charge is 0.489 e. The molecule has 0 N–H and O–H groups in total. The summed E-state index contributed by atoms with van der Waals surface area (Å²) in [6, 6.07) is 13.6. The van der Waals surface area contributed by atoms with Crippen molar-refractivity contribution >= 4 is 21.9 Å². The molecular formula is C16H13BrO3. The summed E-state index contributed by atoms with van der Waals surface area (Å²) in [4.78, 5) is 11.3. The number of hydrogen-bond acceptors (Lipinski definition) is 3. The van der Waals surface area contributed by atoms with E-state index < -0.39 is 0 Å². The Morgan fingerprint density at radius 3 is 2.90 bits per heavy atom. The molecule has 0 atom stereocenters. The lowest BCUT2D eigenvalue weighted by molar-refractivity contribution is -0.135. The maximum atomic E-state index is 11.3. The number of fused-ring (bicyclic) bond motifs is 1. The van der Waals surface area contributed by atoms with Crippen LogP contribution in [0.3, 0.4) is 0 Å². The van der Waals surface area contributed by atoms with Gasteiger partial charge < -0.3 is 9.47 Å². The average Bonchev–Trinajstić information content (AvgIpc) is 2.45. The molecule has 0 unspecified atom stereocenters. The minimum atomic E-state index is -0.179. The molecule has 3 rings (SSSR count). The number of carbonyl (C=O) groups excluding carboxylic acids is 1. The van der Waals surface area contributed by atoms with E-state index in [4.69, 9.17) is 9.47 Å². The molecule has 0 fully saturated rings. The molecule has 0 aliphatic carbocycles. The summed E-state index contributed by atoms with van der Waals surface area (Å²) < 4.78 is 12.0. The fraction of sp³-hybridized carbons (Fsp3) is 0.188. The molecule has 2 aromatic rings. The highest BCUT2D eigenvalue weighted by Gasteiger charge is 2.17. The summed E-state index contributed by atoms with van der Waals surface area (Å²) >= 11 is 3.43. The van der Waals surface area contributed by atoms with Gasteiger partial charge in [-0.25, -0.2) is 0 Å². The lowest BCUT2D eigenvalue weighted by Crippen LogP contribution is -2.15. The predicted octanol–water partition coefficient (Wildman–Crippen LogP) is 3.88. The van der Waals surface area contributed by atoms with Gasteiger partial charge in [0.05, 0.1) is 6.42 Å². The van der Waals surface area contributed by atoms with Gasteiger partial charge in [-0.2, -0.15) is 0 Å². The van der Waals surface area contributed by atoms with Crippen LogP contribution in [0.4, 0.5) is 0 Å². The second kappa shape index (κ2) is 5.67. The maximum Gasteiger partial charge on any atom is 0.311 e. The number of benzene rings is 2. The quantitative estimate of drug-likeness (QED) is 0.632. The van der Waals surface area contributed by atoms with E-state index in [-0.39, 0.29) is 5.97 Å². The summed E-state index contributed by atoms with van der Waals surface area (Å²) in [5, 5.41) is 0. The SMILES string of the molecule is O=C1CCc2ccc(OCc3cccc(Br)c3)cc2O1. The molecule has 102 valence electrons. The zero-order valence-corrected chi connectivity index (χ0v) is 12.4. The highest BCUT2D eigenvalue weighted by Crippen LogP contribution is 2.29. The molecule has 0 saturated heterocycles. The highest BCUT2D eigenvalue weighted by molar-refractivity contribution is 9.10. The Morgan fingerprint density at radius 1 is 1.15 bits per heavy atom. The second-order valence-electron chi connectivity index (χ2n) is 4.66. The van der Waals surface area contributed by atoms with Crippen LogP contribution in [0.25, 0.3) is 0 Å². The summed E-state index contributed by atoms with van der Waals surface area (Å²) in [5.74, 6) is 1.15. The lowest BCUT2D eigenvalue weighted by Gasteiger charge is -2.16. The molecule has 1 aliphatic rings. The molecule has 0 radical (unpaired) electrons. The number of carbonyl (C=O) groups is 1. The third-order valence-corrected chi connectivity index (χ3v) is 3.65. The Balaban J connectivity index is 1.72. The molecule has 0 spiro atoms. The van der Waals surface area contributed by atoms with Crippen LogP contribution in [0.5, 0.6) is 11.5 Å². The van der Waals surface area contributed by atoms with Gasteiger partial charge in [0.2, 0.25) is 0 Å². The molecule has 0 saturated carbocycles. The lowest BCUT2D eigenvalue weighted by atomic mass is 10.1. The third-order valence-electron chi connectivity index (χ3n) is 3.16. The number of aryl methyl sites for hydroxylation is 1. The van der Waals surface area contributed by atoms with Gasteiger partial charge >= 0.3 is 5.97 Å². The van der Waals surface area contributed by atoms with Gasteiger partial charge in [0.1, 0.15) is 18.1 Å². The van der Waals surface area contributed by atoms with E-state index in [9.17, 15) is 4.79 Å². The molecule has 0 aromatic heterocycles. The number of rotatable bonds is 3. The molecule has 1 aliphatic heterocycles. The fourth-order valence-corrected chi connectivity index (χ4v) is 2.58. The van der Waals surface area contributed by atoms with Crippen LogP contribution in [0, 0.1) is 0 Å². The van der Waals surface area contributed by atoms with Gasteiger partial charge in [-0.15, -0.1) is 0 Å². The second-order valence-corrected chi connectivity index (χ2v) is 5.58. The molecule has 0 amide bonds.